The van der Waals surface area contributed by atoms with Crippen molar-refractivity contribution in [2.75, 3.05) is 11.9 Å². The van der Waals surface area contributed by atoms with Crippen LogP contribution in [-0.2, 0) is 12.7 Å². The Morgan fingerprint density at radius 2 is 2.11 bits per heavy atom. The number of fused-ring (bicyclic) bond motifs is 1. The number of hydrogen-bond acceptors (Lipinski definition) is 3. The number of nitrogens with zero attached hydrogens (tertiary/aromatic N) is 1. The highest BCUT2D eigenvalue weighted by Gasteiger charge is 2.37. The lowest BCUT2D eigenvalue weighted by molar-refractivity contribution is -0.138. The lowest BCUT2D eigenvalue weighted by Crippen LogP contribution is -2.29. The second kappa shape index (κ2) is 4.88. The van der Waals surface area contributed by atoms with E-state index >= 15 is 0 Å². The first-order chi connectivity index (χ1) is 8.82. The summed E-state index contributed by atoms with van der Waals surface area (Å²) in [7, 11) is 0. The molecule has 0 bridgehead atoms. The van der Waals surface area contributed by atoms with E-state index in [1.807, 2.05) is 0 Å². The van der Waals surface area contributed by atoms with Crippen LogP contribution in [0, 0.1) is 0 Å². The van der Waals surface area contributed by atoms with Gasteiger partial charge in [0.05, 0.1) is 5.56 Å². The number of rotatable bonds is 1. The van der Waals surface area contributed by atoms with Gasteiger partial charge in [-0.2, -0.15) is 13.2 Å². The van der Waals surface area contributed by atoms with E-state index in [0.29, 0.717) is 19.2 Å². The molecule has 0 saturated heterocycles. The molecule has 4 nitrogen and oxygen atoms in total. The Kier molecular flexibility index (Phi) is 3.58. The van der Waals surface area contributed by atoms with Gasteiger partial charge in [-0.25, -0.2) is 0 Å². The normalized spacial score (nSPS) is 17.3. The highest BCUT2D eigenvalue weighted by atomic mass is 19.4. The molecule has 2 heterocycles. The maximum Gasteiger partial charge on any atom is 0.417 e. The summed E-state index contributed by atoms with van der Waals surface area (Å²) in [4.78, 5) is 11.8. The minimum atomic E-state index is -4.58. The fraction of sp³-hybridized carbons (Fsp3) is 0.583. The Balaban J connectivity index is 2.75. The van der Waals surface area contributed by atoms with Crippen LogP contribution in [0.5, 0.6) is 0 Å². The van der Waals surface area contributed by atoms with Crippen molar-refractivity contribution >= 4 is 5.82 Å². The predicted octanol–water partition coefficient (Wildman–Crippen LogP) is 2.09. The lowest BCUT2D eigenvalue weighted by atomic mass is 10.0. The predicted molar refractivity (Wildman–Crippen MR) is 66.0 cm³/mol. The summed E-state index contributed by atoms with van der Waals surface area (Å²) in [5.41, 5.74) is 4.07. The van der Waals surface area contributed by atoms with E-state index in [0.717, 1.165) is 12.8 Å². The van der Waals surface area contributed by atoms with Crippen LogP contribution in [0.4, 0.5) is 19.0 Å². The zero-order valence-electron chi connectivity index (χ0n) is 10.5. The van der Waals surface area contributed by atoms with Crippen LogP contribution >= 0.6 is 0 Å². The van der Waals surface area contributed by atoms with E-state index in [4.69, 9.17) is 5.73 Å². The van der Waals surface area contributed by atoms with Crippen LogP contribution in [0.15, 0.2) is 10.9 Å². The quantitative estimate of drug-likeness (QED) is 0.825. The number of hydrogen-bond donors (Lipinski definition) is 2. The monoisotopic (exact) mass is 275 g/mol. The van der Waals surface area contributed by atoms with Crippen LogP contribution < -0.4 is 16.6 Å². The highest BCUT2D eigenvalue weighted by molar-refractivity contribution is 5.52. The molecule has 2 rings (SSSR count). The van der Waals surface area contributed by atoms with Gasteiger partial charge in [0, 0.05) is 30.8 Å². The summed E-state index contributed by atoms with van der Waals surface area (Å²) in [5, 5.41) is 2.91. The highest BCUT2D eigenvalue weighted by Crippen LogP contribution is 2.37. The topological polar surface area (TPSA) is 60.1 Å². The lowest BCUT2D eigenvalue weighted by Gasteiger charge is -2.22. The SMILES string of the molecule is CC(N)c1c(C(F)(F)F)cc(=O)n2c1NCCCC2. The molecule has 3 N–H and O–H groups in total. The summed E-state index contributed by atoms with van der Waals surface area (Å²) in [6, 6.07) is -0.154. The summed E-state index contributed by atoms with van der Waals surface area (Å²) in [5.74, 6) is 0.215. The molecule has 7 heteroatoms. The van der Waals surface area contributed by atoms with Crippen molar-refractivity contribution in [1.82, 2.24) is 4.57 Å². The van der Waals surface area contributed by atoms with Gasteiger partial charge in [-0.05, 0) is 19.8 Å². The molecule has 0 aromatic carbocycles. The first-order valence-corrected chi connectivity index (χ1v) is 6.16. The number of nitrogens with one attached hydrogen (secondary N) is 1. The first kappa shape index (κ1) is 13.9. The molecule has 0 saturated carbocycles. The van der Waals surface area contributed by atoms with Gasteiger partial charge in [0.1, 0.15) is 5.82 Å². The largest absolute Gasteiger partial charge is 0.417 e. The molecule has 1 aromatic heterocycles. The van der Waals surface area contributed by atoms with E-state index in [9.17, 15) is 18.0 Å². The van der Waals surface area contributed by atoms with Crippen LogP contribution in [0.1, 0.15) is 36.9 Å². The summed E-state index contributed by atoms with van der Waals surface area (Å²) >= 11 is 0. The Bertz CT molecular complexity index is 534. The van der Waals surface area contributed by atoms with Crippen molar-refractivity contribution < 1.29 is 13.2 Å². The molecule has 0 fully saturated rings. The molecule has 0 amide bonds. The second-order valence-electron chi connectivity index (χ2n) is 4.73. The smallest absolute Gasteiger partial charge is 0.371 e. The Morgan fingerprint density at radius 3 is 2.68 bits per heavy atom. The van der Waals surface area contributed by atoms with Crippen LogP contribution in [0.3, 0.4) is 0 Å². The Morgan fingerprint density at radius 1 is 1.42 bits per heavy atom. The summed E-state index contributed by atoms with van der Waals surface area (Å²) in [6.07, 6.45) is -3.02. The van der Waals surface area contributed by atoms with Gasteiger partial charge in [-0.15, -0.1) is 0 Å². The third-order valence-electron chi connectivity index (χ3n) is 3.21. The van der Waals surface area contributed by atoms with E-state index in [1.54, 1.807) is 0 Å². The Labute approximate surface area is 108 Å². The third kappa shape index (κ3) is 2.60. The minimum absolute atomic E-state index is 0.0333. The number of halogens is 3. The maximum absolute atomic E-state index is 13.0. The van der Waals surface area contributed by atoms with Crippen LogP contribution in [-0.4, -0.2) is 11.1 Å². The van der Waals surface area contributed by atoms with Crippen molar-refractivity contribution in [3.8, 4) is 0 Å². The summed E-state index contributed by atoms with van der Waals surface area (Å²) < 4.78 is 40.4. The maximum atomic E-state index is 13.0. The molecule has 1 unspecified atom stereocenters. The number of nitrogens with two attached hydrogens (primary N) is 1. The zero-order chi connectivity index (χ0) is 14.2. The second-order valence-corrected chi connectivity index (χ2v) is 4.73. The van der Waals surface area contributed by atoms with Crippen molar-refractivity contribution in [1.29, 1.82) is 0 Å². The molecule has 0 aliphatic carbocycles. The molecule has 1 aliphatic rings. The molecule has 1 atom stereocenters. The molecule has 19 heavy (non-hydrogen) atoms. The van der Waals surface area contributed by atoms with Crippen LogP contribution in [0.25, 0.3) is 0 Å². The number of alkyl halides is 3. The van der Waals surface area contributed by atoms with Gasteiger partial charge in [-0.3, -0.25) is 9.36 Å². The molecule has 0 spiro atoms. The van der Waals surface area contributed by atoms with Crippen molar-refractivity contribution in [2.24, 2.45) is 5.73 Å². The van der Waals surface area contributed by atoms with Gasteiger partial charge in [0.15, 0.2) is 0 Å². The summed E-state index contributed by atoms with van der Waals surface area (Å²) in [6.45, 7) is 2.45. The van der Waals surface area contributed by atoms with E-state index in [2.05, 4.69) is 5.32 Å². The average molecular weight is 275 g/mol. The number of anilines is 1. The molecule has 1 aliphatic heterocycles. The molecule has 106 valence electrons. The van der Waals surface area contributed by atoms with E-state index < -0.39 is 23.3 Å². The number of aromatic nitrogens is 1. The fourth-order valence-electron chi connectivity index (χ4n) is 2.37. The Hall–Kier alpha value is -1.50. The van der Waals surface area contributed by atoms with Gasteiger partial charge in [0.25, 0.3) is 5.56 Å². The molecular formula is C12H16F3N3O. The van der Waals surface area contributed by atoms with Gasteiger partial charge in [0.2, 0.25) is 0 Å². The van der Waals surface area contributed by atoms with Crippen LogP contribution in [0.2, 0.25) is 0 Å². The third-order valence-corrected chi connectivity index (χ3v) is 3.21. The standard InChI is InChI=1S/C12H16F3N3O/c1-7(16)10-8(12(13,14)15)6-9(19)18-5-3-2-4-17-11(10)18/h6-7,17H,2-5,16H2,1H3. The van der Waals surface area contributed by atoms with E-state index in [-0.39, 0.29) is 11.4 Å². The minimum Gasteiger partial charge on any atom is -0.371 e. The van der Waals surface area contributed by atoms with E-state index in [1.165, 1.54) is 11.5 Å². The van der Waals surface area contributed by atoms with Gasteiger partial charge < -0.3 is 11.1 Å². The van der Waals surface area contributed by atoms with Gasteiger partial charge in [-0.1, -0.05) is 0 Å². The molecule has 0 radical (unpaired) electrons. The molecular weight excluding hydrogens is 259 g/mol. The van der Waals surface area contributed by atoms with Crippen molar-refractivity contribution in [3.05, 3.63) is 27.5 Å². The number of pyridine rings is 1. The zero-order valence-corrected chi connectivity index (χ0v) is 10.5. The van der Waals surface area contributed by atoms with Gasteiger partial charge >= 0.3 is 6.18 Å². The van der Waals surface area contributed by atoms with Crippen molar-refractivity contribution in [3.63, 3.8) is 0 Å². The average Bonchev–Trinajstić information content (AvgIpc) is 2.52. The molecule has 1 aromatic rings. The first-order valence-electron chi connectivity index (χ1n) is 6.16. The van der Waals surface area contributed by atoms with Crippen molar-refractivity contribution in [2.45, 2.75) is 38.5 Å². The fourth-order valence-corrected chi connectivity index (χ4v) is 2.37.